The molecule has 0 aliphatic carbocycles. The van der Waals surface area contributed by atoms with Crippen molar-refractivity contribution in [2.24, 2.45) is 5.92 Å². The molecule has 1 aliphatic rings. The van der Waals surface area contributed by atoms with Crippen molar-refractivity contribution in [3.63, 3.8) is 0 Å². The van der Waals surface area contributed by atoms with Crippen LogP contribution in [0.4, 0.5) is 5.69 Å². The summed E-state index contributed by atoms with van der Waals surface area (Å²) in [6.07, 6.45) is -0.224. The molecular formula is C27H30N2O4S. The average molecular weight is 479 g/mol. The van der Waals surface area contributed by atoms with Crippen LogP contribution in [0.2, 0.25) is 0 Å². The Morgan fingerprint density at radius 2 is 1.65 bits per heavy atom. The van der Waals surface area contributed by atoms with Crippen molar-refractivity contribution >= 4 is 21.6 Å². The smallest absolute Gasteiger partial charge is 0.264 e. The fourth-order valence-electron chi connectivity index (χ4n) is 4.10. The van der Waals surface area contributed by atoms with Gasteiger partial charge in [-0.3, -0.25) is 9.10 Å². The molecule has 34 heavy (non-hydrogen) atoms. The number of fused-ring (bicyclic) bond motifs is 1. The van der Waals surface area contributed by atoms with E-state index in [1.54, 1.807) is 48.5 Å². The second-order valence-corrected chi connectivity index (χ2v) is 10.9. The minimum atomic E-state index is -3.88. The third kappa shape index (κ3) is 5.09. The van der Waals surface area contributed by atoms with Gasteiger partial charge in [0.25, 0.3) is 15.9 Å². The van der Waals surface area contributed by atoms with Gasteiger partial charge in [0.15, 0.2) is 6.10 Å². The maximum absolute atomic E-state index is 13.6. The van der Waals surface area contributed by atoms with E-state index in [0.29, 0.717) is 17.4 Å². The molecule has 178 valence electrons. The Hall–Kier alpha value is -3.32. The van der Waals surface area contributed by atoms with E-state index in [0.717, 1.165) is 17.5 Å². The summed E-state index contributed by atoms with van der Waals surface area (Å²) in [5, 5.41) is 3.10. The number of anilines is 1. The van der Waals surface area contributed by atoms with Crippen LogP contribution in [0.15, 0.2) is 83.8 Å². The standard InChI is InChI=1S/C27H30N2O4S/c1-19(2)17-23(21-9-5-4-6-10-21)28-27(30)26-18-29(24-11-7-8-12-25(24)33-26)34(31,32)22-15-13-20(3)14-16-22/h4-16,19,23,26H,17-18H2,1-3H3,(H,28,30)/t23-,26+/m0/s1. The van der Waals surface area contributed by atoms with Gasteiger partial charge in [-0.2, -0.15) is 0 Å². The van der Waals surface area contributed by atoms with Crippen molar-refractivity contribution in [2.75, 3.05) is 10.8 Å². The fraction of sp³-hybridized carbons (Fsp3) is 0.296. The summed E-state index contributed by atoms with van der Waals surface area (Å²) in [7, 11) is -3.88. The molecule has 1 aliphatic heterocycles. The Morgan fingerprint density at radius 1 is 1.00 bits per heavy atom. The molecule has 0 aromatic heterocycles. The zero-order chi connectivity index (χ0) is 24.3. The van der Waals surface area contributed by atoms with Crippen LogP contribution >= 0.6 is 0 Å². The number of nitrogens with zero attached hydrogens (tertiary/aromatic N) is 1. The highest BCUT2D eigenvalue weighted by Crippen LogP contribution is 2.37. The maximum Gasteiger partial charge on any atom is 0.264 e. The van der Waals surface area contributed by atoms with Gasteiger partial charge < -0.3 is 10.1 Å². The number of carbonyl (C=O) groups excluding carboxylic acids is 1. The van der Waals surface area contributed by atoms with Gasteiger partial charge in [-0.1, -0.05) is 74.0 Å². The number of ether oxygens (including phenoxy) is 1. The summed E-state index contributed by atoms with van der Waals surface area (Å²) in [5.74, 6) is 0.384. The zero-order valence-electron chi connectivity index (χ0n) is 19.6. The molecule has 6 nitrogen and oxygen atoms in total. The second kappa shape index (κ2) is 9.89. The Kier molecular flexibility index (Phi) is 6.93. The van der Waals surface area contributed by atoms with E-state index in [1.165, 1.54) is 4.31 Å². The SMILES string of the molecule is Cc1ccc(S(=O)(=O)N2C[C@H](C(=O)N[C@@H](CC(C)C)c3ccccc3)Oc3ccccc32)cc1. The van der Waals surface area contributed by atoms with E-state index >= 15 is 0 Å². The average Bonchev–Trinajstić information content (AvgIpc) is 2.83. The van der Waals surface area contributed by atoms with Crippen LogP contribution in [0.25, 0.3) is 0 Å². The molecular weight excluding hydrogens is 448 g/mol. The van der Waals surface area contributed by atoms with Gasteiger partial charge in [-0.25, -0.2) is 8.42 Å². The van der Waals surface area contributed by atoms with Gasteiger partial charge >= 0.3 is 0 Å². The van der Waals surface area contributed by atoms with E-state index in [2.05, 4.69) is 19.2 Å². The van der Waals surface area contributed by atoms with Crippen molar-refractivity contribution in [1.29, 1.82) is 0 Å². The number of nitrogens with one attached hydrogen (secondary N) is 1. The third-order valence-electron chi connectivity index (χ3n) is 5.86. The largest absolute Gasteiger partial charge is 0.476 e. The Balaban J connectivity index is 1.63. The molecule has 0 radical (unpaired) electrons. The van der Waals surface area contributed by atoms with Crippen LogP contribution in [0.1, 0.15) is 37.4 Å². The van der Waals surface area contributed by atoms with Gasteiger partial charge in [-0.05, 0) is 49.1 Å². The number of sulfonamides is 1. The molecule has 0 spiro atoms. The number of hydrogen-bond acceptors (Lipinski definition) is 4. The number of carbonyl (C=O) groups is 1. The molecule has 3 aromatic carbocycles. The lowest BCUT2D eigenvalue weighted by Crippen LogP contribution is -2.51. The van der Waals surface area contributed by atoms with Crippen molar-refractivity contribution < 1.29 is 17.9 Å². The molecule has 0 bridgehead atoms. The first-order valence-corrected chi connectivity index (χ1v) is 12.9. The van der Waals surface area contributed by atoms with Gasteiger partial charge in [0, 0.05) is 0 Å². The van der Waals surface area contributed by atoms with Crippen LogP contribution in [0.3, 0.4) is 0 Å². The lowest BCUT2D eigenvalue weighted by Gasteiger charge is -2.35. The normalized spacial score (nSPS) is 16.5. The highest BCUT2D eigenvalue weighted by Gasteiger charge is 2.38. The number of aryl methyl sites for hydroxylation is 1. The van der Waals surface area contributed by atoms with Crippen LogP contribution in [-0.4, -0.2) is 27.0 Å². The summed E-state index contributed by atoms with van der Waals surface area (Å²) >= 11 is 0. The molecule has 1 N–H and O–H groups in total. The van der Waals surface area contributed by atoms with Crippen molar-refractivity contribution in [1.82, 2.24) is 5.32 Å². The summed E-state index contributed by atoms with van der Waals surface area (Å²) in [4.78, 5) is 13.5. The molecule has 4 rings (SSSR count). The van der Waals surface area contributed by atoms with E-state index in [1.807, 2.05) is 37.3 Å². The van der Waals surface area contributed by atoms with Gasteiger partial charge in [0.2, 0.25) is 0 Å². The van der Waals surface area contributed by atoms with Crippen LogP contribution < -0.4 is 14.4 Å². The van der Waals surface area contributed by atoms with E-state index in [9.17, 15) is 13.2 Å². The molecule has 0 saturated heterocycles. The van der Waals surface area contributed by atoms with E-state index < -0.39 is 16.1 Å². The minimum Gasteiger partial charge on any atom is -0.476 e. The number of rotatable bonds is 7. The first-order chi connectivity index (χ1) is 16.3. The Labute approximate surface area is 201 Å². The number of benzene rings is 3. The highest BCUT2D eigenvalue weighted by atomic mass is 32.2. The quantitative estimate of drug-likeness (QED) is 0.526. The summed E-state index contributed by atoms with van der Waals surface area (Å²) in [6, 6.07) is 23.2. The van der Waals surface area contributed by atoms with Gasteiger partial charge in [0.1, 0.15) is 5.75 Å². The van der Waals surface area contributed by atoms with Gasteiger partial charge in [-0.15, -0.1) is 0 Å². The molecule has 3 aromatic rings. The minimum absolute atomic E-state index is 0.109. The summed E-state index contributed by atoms with van der Waals surface area (Å²) in [5.41, 5.74) is 2.40. The third-order valence-corrected chi connectivity index (χ3v) is 7.66. The number of hydrogen-bond donors (Lipinski definition) is 1. The first kappa shape index (κ1) is 23.8. The van der Waals surface area contributed by atoms with E-state index in [-0.39, 0.29) is 23.4 Å². The Bertz CT molecular complexity index is 1240. The van der Waals surface area contributed by atoms with Gasteiger partial charge in [0.05, 0.1) is 23.2 Å². The van der Waals surface area contributed by atoms with Crippen LogP contribution in [0, 0.1) is 12.8 Å². The predicted molar refractivity (Wildman–Crippen MR) is 133 cm³/mol. The number of amides is 1. The molecule has 1 heterocycles. The molecule has 0 fully saturated rings. The Morgan fingerprint density at radius 3 is 2.32 bits per heavy atom. The molecule has 0 saturated carbocycles. The van der Waals surface area contributed by atoms with Crippen LogP contribution in [0.5, 0.6) is 5.75 Å². The van der Waals surface area contributed by atoms with Crippen molar-refractivity contribution in [3.05, 3.63) is 90.0 Å². The van der Waals surface area contributed by atoms with Crippen molar-refractivity contribution in [3.8, 4) is 5.75 Å². The van der Waals surface area contributed by atoms with E-state index in [4.69, 9.17) is 4.74 Å². The summed E-state index contributed by atoms with van der Waals surface area (Å²) in [6.45, 7) is 6.00. The zero-order valence-corrected chi connectivity index (χ0v) is 20.5. The summed E-state index contributed by atoms with van der Waals surface area (Å²) < 4.78 is 34.4. The van der Waals surface area contributed by atoms with Crippen molar-refractivity contribution in [2.45, 2.75) is 44.2 Å². The predicted octanol–water partition coefficient (Wildman–Crippen LogP) is 4.85. The second-order valence-electron chi connectivity index (χ2n) is 9.02. The fourth-order valence-corrected chi connectivity index (χ4v) is 5.58. The molecule has 1 amide bonds. The molecule has 7 heteroatoms. The molecule has 0 unspecified atom stereocenters. The monoisotopic (exact) mass is 478 g/mol. The lowest BCUT2D eigenvalue weighted by molar-refractivity contribution is -0.128. The molecule has 2 atom stereocenters. The van der Waals surface area contributed by atoms with Crippen LogP contribution in [-0.2, 0) is 14.8 Å². The lowest BCUT2D eigenvalue weighted by atomic mass is 9.96. The first-order valence-electron chi connectivity index (χ1n) is 11.5. The highest BCUT2D eigenvalue weighted by molar-refractivity contribution is 7.92. The topological polar surface area (TPSA) is 75.7 Å². The number of para-hydroxylation sites is 2. The maximum atomic E-state index is 13.6.